The molecule has 3 heteroatoms. The summed E-state index contributed by atoms with van der Waals surface area (Å²) in [6.45, 7) is 1.41. The zero-order chi connectivity index (χ0) is 12.1. The minimum atomic E-state index is -0.354. The van der Waals surface area contributed by atoms with Crippen molar-refractivity contribution in [2.24, 2.45) is 11.1 Å². The molecule has 2 aliphatic rings. The van der Waals surface area contributed by atoms with Gasteiger partial charge in [0.1, 0.15) is 0 Å². The SMILES string of the molecule is NCC1(C(O)C2CCCO2)CCCCCCC1. The van der Waals surface area contributed by atoms with Crippen molar-refractivity contribution < 1.29 is 9.84 Å². The van der Waals surface area contributed by atoms with Crippen molar-refractivity contribution in [1.29, 1.82) is 0 Å². The lowest BCUT2D eigenvalue weighted by Gasteiger charge is -2.41. The van der Waals surface area contributed by atoms with Crippen LogP contribution in [0.4, 0.5) is 0 Å². The topological polar surface area (TPSA) is 55.5 Å². The van der Waals surface area contributed by atoms with Gasteiger partial charge in [-0.05, 0) is 25.7 Å². The van der Waals surface area contributed by atoms with E-state index in [1.165, 1.54) is 32.1 Å². The molecule has 3 N–H and O–H groups in total. The molecule has 0 aromatic carbocycles. The van der Waals surface area contributed by atoms with E-state index in [0.717, 1.165) is 32.3 Å². The van der Waals surface area contributed by atoms with Crippen molar-refractivity contribution in [3.8, 4) is 0 Å². The molecule has 0 radical (unpaired) electrons. The summed E-state index contributed by atoms with van der Waals surface area (Å²) < 4.78 is 5.66. The van der Waals surface area contributed by atoms with Crippen LogP contribution in [0, 0.1) is 5.41 Å². The Hall–Kier alpha value is -0.120. The molecule has 1 aliphatic heterocycles. The minimum Gasteiger partial charge on any atom is -0.390 e. The molecule has 2 unspecified atom stereocenters. The first-order valence-electron chi connectivity index (χ1n) is 7.28. The second-order valence-electron chi connectivity index (χ2n) is 5.83. The summed E-state index contributed by atoms with van der Waals surface area (Å²) in [5.41, 5.74) is 5.94. The van der Waals surface area contributed by atoms with E-state index in [1.807, 2.05) is 0 Å². The Morgan fingerprint density at radius 3 is 2.29 bits per heavy atom. The smallest absolute Gasteiger partial charge is 0.0869 e. The first-order valence-corrected chi connectivity index (χ1v) is 7.28. The molecule has 17 heavy (non-hydrogen) atoms. The number of nitrogens with two attached hydrogens (primary N) is 1. The van der Waals surface area contributed by atoms with Gasteiger partial charge in [-0.15, -0.1) is 0 Å². The molecule has 2 atom stereocenters. The van der Waals surface area contributed by atoms with Crippen molar-refractivity contribution in [3.63, 3.8) is 0 Å². The number of hydrogen-bond donors (Lipinski definition) is 2. The van der Waals surface area contributed by atoms with Gasteiger partial charge in [-0.3, -0.25) is 0 Å². The van der Waals surface area contributed by atoms with E-state index in [2.05, 4.69) is 0 Å². The van der Waals surface area contributed by atoms with Crippen LogP contribution in [0.2, 0.25) is 0 Å². The average Bonchev–Trinajstić information content (AvgIpc) is 2.82. The monoisotopic (exact) mass is 241 g/mol. The van der Waals surface area contributed by atoms with Gasteiger partial charge >= 0.3 is 0 Å². The summed E-state index contributed by atoms with van der Waals surface area (Å²) in [5, 5.41) is 10.6. The van der Waals surface area contributed by atoms with E-state index in [-0.39, 0.29) is 17.6 Å². The third kappa shape index (κ3) is 3.01. The lowest BCUT2D eigenvalue weighted by atomic mass is 9.70. The number of aliphatic hydroxyl groups is 1. The van der Waals surface area contributed by atoms with Gasteiger partial charge in [-0.2, -0.15) is 0 Å². The molecule has 1 aliphatic carbocycles. The maximum absolute atomic E-state index is 10.6. The summed E-state index contributed by atoms with van der Waals surface area (Å²) in [6, 6.07) is 0. The minimum absolute atomic E-state index is 0.0398. The van der Waals surface area contributed by atoms with Gasteiger partial charge in [0.15, 0.2) is 0 Å². The molecule has 3 nitrogen and oxygen atoms in total. The molecule has 0 spiro atoms. The van der Waals surface area contributed by atoms with Gasteiger partial charge in [0.25, 0.3) is 0 Å². The van der Waals surface area contributed by atoms with Crippen molar-refractivity contribution in [3.05, 3.63) is 0 Å². The van der Waals surface area contributed by atoms with Gasteiger partial charge in [-0.25, -0.2) is 0 Å². The molecule has 1 saturated carbocycles. The van der Waals surface area contributed by atoms with Gasteiger partial charge < -0.3 is 15.6 Å². The molecule has 2 fully saturated rings. The highest BCUT2D eigenvalue weighted by Gasteiger charge is 2.42. The first kappa shape index (κ1) is 13.3. The van der Waals surface area contributed by atoms with Crippen LogP contribution in [-0.4, -0.2) is 30.5 Å². The van der Waals surface area contributed by atoms with E-state index in [9.17, 15) is 5.11 Å². The van der Waals surface area contributed by atoms with Gasteiger partial charge in [0.2, 0.25) is 0 Å². The van der Waals surface area contributed by atoms with Gasteiger partial charge in [0.05, 0.1) is 12.2 Å². The highest BCUT2D eigenvalue weighted by molar-refractivity contribution is 4.93. The van der Waals surface area contributed by atoms with E-state index in [1.54, 1.807) is 0 Å². The molecule has 2 rings (SSSR count). The maximum atomic E-state index is 10.6. The van der Waals surface area contributed by atoms with Crippen molar-refractivity contribution in [2.75, 3.05) is 13.2 Å². The van der Waals surface area contributed by atoms with Crippen LogP contribution in [-0.2, 0) is 4.74 Å². The third-order valence-corrected chi connectivity index (χ3v) is 4.70. The maximum Gasteiger partial charge on any atom is 0.0869 e. The highest BCUT2D eigenvalue weighted by atomic mass is 16.5. The Kier molecular flexibility index (Phi) is 4.83. The van der Waals surface area contributed by atoms with E-state index >= 15 is 0 Å². The van der Waals surface area contributed by atoms with Crippen LogP contribution in [0.25, 0.3) is 0 Å². The molecule has 1 heterocycles. The number of ether oxygens (including phenoxy) is 1. The zero-order valence-electron chi connectivity index (χ0n) is 10.9. The molecular weight excluding hydrogens is 214 g/mol. The standard InChI is InChI=1S/C14H27NO2/c15-11-14(8-4-2-1-3-5-9-14)13(16)12-7-6-10-17-12/h12-13,16H,1-11,15H2. The van der Waals surface area contributed by atoms with Crippen LogP contribution < -0.4 is 5.73 Å². The fourth-order valence-electron chi connectivity index (χ4n) is 3.48. The summed E-state index contributed by atoms with van der Waals surface area (Å²) in [7, 11) is 0. The van der Waals surface area contributed by atoms with Gasteiger partial charge in [-0.1, -0.05) is 32.1 Å². The zero-order valence-corrected chi connectivity index (χ0v) is 10.9. The predicted octanol–water partition coefficient (Wildman–Crippen LogP) is 2.22. The summed E-state index contributed by atoms with van der Waals surface area (Å²) >= 11 is 0. The second kappa shape index (κ2) is 6.17. The predicted molar refractivity (Wildman–Crippen MR) is 68.8 cm³/mol. The van der Waals surface area contributed by atoms with Gasteiger partial charge in [0, 0.05) is 18.6 Å². The molecule has 0 bridgehead atoms. The number of rotatable bonds is 3. The summed E-state index contributed by atoms with van der Waals surface area (Å²) in [5.74, 6) is 0. The lowest BCUT2D eigenvalue weighted by molar-refractivity contribution is -0.0811. The molecule has 100 valence electrons. The number of hydrogen-bond acceptors (Lipinski definition) is 3. The third-order valence-electron chi connectivity index (χ3n) is 4.70. The van der Waals surface area contributed by atoms with Crippen LogP contribution >= 0.6 is 0 Å². The van der Waals surface area contributed by atoms with Crippen molar-refractivity contribution >= 4 is 0 Å². The lowest BCUT2D eigenvalue weighted by Crippen LogP contribution is -2.48. The molecule has 1 saturated heterocycles. The van der Waals surface area contributed by atoms with Crippen LogP contribution in [0.5, 0.6) is 0 Å². The Labute approximate surface area is 105 Å². The van der Waals surface area contributed by atoms with E-state index < -0.39 is 0 Å². The molecule has 0 amide bonds. The van der Waals surface area contributed by atoms with E-state index in [4.69, 9.17) is 10.5 Å². The molecular formula is C14H27NO2. The second-order valence-corrected chi connectivity index (χ2v) is 5.83. The quantitative estimate of drug-likeness (QED) is 0.796. The largest absolute Gasteiger partial charge is 0.390 e. The van der Waals surface area contributed by atoms with Crippen LogP contribution in [0.15, 0.2) is 0 Å². The Morgan fingerprint density at radius 1 is 1.12 bits per heavy atom. The average molecular weight is 241 g/mol. The molecule has 0 aromatic rings. The normalized spacial score (nSPS) is 31.8. The summed E-state index contributed by atoms with van der Waals surface area (Å²) in [4.78, 5) is 0. The highest BCUT2D eigenvalue weighted by Crippen LogP contribution is 2.39. The first-order chi connectivity index (χ1) is 8.28. The fourth-order valence-corrected chi connectivity index (χ4v) is 3.48. The fraction of sp³-hybridized carbons (Fsp3) is 1.00. The van der Waals surface area contributed by atoms with Crippen molar-refractivity contribution in [1.82, 2.24) is 0 Å². The van der Waals surface area contributed by atoms with Crippen LogP contribution in [0.1, 0.15) is 57.8 Å². The molecule has 0 aromatic heterocycles. The van der Waals surface area contributed by atoms with Crippen molar-refractivity contribution in [2.45, 2.75) is 70.0 Å². The Bertz CT molecular complexity index is 218. The number of aliphatic hydroxyl groups excluding tert-OH is 1. The van der Waals surface area contributed by atoms with E-state index in [0.29, 0.717) is 6.54 Å². The summed E-state index contributed by atoms with van der Waals surface area (Å²) in [6.07, 6.45) is 10.3. The Morgan fingerprint density at radius 2 is 1.76 bits per heavy atom. The van der Waals surface area contributed by atoms with Crippen LogP contribution in [0.3, 0.4) is 0 Å². The Balaban J connectivity index is 2.03.